The first-order chi connectivity index (χ1) is 12.2. The molecular weight excluding hydrogens is 328 g/mol. The van der Waals surface area contributed by atoms with E-state index in [0.29, 0.717) is 0 Å². The lowest BCUT2D eigenvalue weighted by atomic mass is 9.88. The molecule has 1 heterocycles. The van der Waals surface area contributed by atoms with Crippen LogP contribution in [0.1, 0.15) is 37.7 Å². The van der Waals surface area contributed by atoms with Crippen LogP contribution in [0.15, 0.2) is 48.5 Å². The molecule has 1 aliphatic carbocycles. The van der Waals surface area contributed by atoms with Gasteiger partial charge in [-0.1, -0.05) is 60.9 Å². The van der Waals surface area contributed by atoms with Gasteiger partial charge in [0.15, 0.2) is 5.13 Å². The zero-order chi connectivity index (χ0) is 17.2. The number of aryl methyl sites for hydroxylation is 1. The number of para-hydroxylation sites is 2. The summed E-state index contributed by atoms with van der Waals surface area (Å²) in [5.74, 6) is 0.313. The normalized spacial score (nSPS) is 15.4. The molecule has 2 aromatic carbocycles. The van der Waals surface area contributed by atoms with Crippen molar-refractivity contribution in [1.29, 1.82) is 0 Å². The summed E-state index contributed by atoms with van der Waals surface area (Å²) in [7, 11) is 0. The van der Waals surface area contributed by atoms with Crippen molar-refractivity contribution >= 4 is 38.3 Å². The number of thiazole rings is 1. The standard InChI is InChI=1S/C21H22N2OS/c1-15-9-5-7-13-18(15)23(20(24)16-10-3-2-4-11-16)21-22-17-12-6-8-14-19(17)25-21/h5-9,12-14,16H,2-4,10-11H2,1H3. The summed E-state index contributed by atoms with van der Waals surface area (Å²) < 4.78 is 1.12. The van der Waals surface area contributed by atoms with Gasteiger partial charge in [0, 0.05) is 5.92 Å². The topological polar surface area (TPSA) is 33.2 Å². The fraction of sp³-hybridized carbons (Fsp3) is 0.333. The number of fused-ring (bicyclic) bond motifs is 1. The minimum atomic E-state index is 0.111. The average Bonchev–Trinajstić information content (AvgIpc) is 3.08. The molecule has 3 nitrogen and oxygen atoms in total. The Balaban J connectivity index is 1.80. The molecule has 0 spiro atoms. The zero-order valence-electron chi connectivity index (χ0n) is 14.4. The first kappa shape index (κ1) is 16.3. The third kappa shape index (κ3) is 3.19. The highest BCUT2D eigenvalue weighted by Crippen LogP contribution is 2.37. The Labute approximate surface area is 152 Å². The van der Waals surface area contributed by atoms with Gasteiger partial charge in [-0.25, -0.2) is 4.98 Å². The fourth-order valence-corrected chi connectivity index (χ4v) is 4.60. The maximum atomic E-state index is 13.4. The smallest absolute Gasteiger partial charge is 0.236 e. The highest BCUT2D eigenvalue weighted by molar-refractivity contribution is 7.22. The van der Waals surface area contributed by atoms with E-state index in [0.717, 1.165) is 52.3 Å². The van der Waals surface area contributed by atoms with E-state index >= 15 is 0 Å². The van der Waals surface area contributed by atoms with Gasteiger partial charge < -0.3 is 0 Å². The minimum absolute atomic E-state index is 0.111. The molecule has 4 rings (SSSR count). The Morgan fingerprint density at radius 1 is 1.04 bits per heavy atom. The molecule has 1 amide bonds. The van der Waals surface area contributed by atoms with Crippen LogP contribution < -0.4 is 4.90 Å². The van der Waals surface area contributed by atoms with E-state index in [-0.39, 0.29) is 11.8 Å². The average molecular weight is 350 g/mol. The third-order valence-corrected chi connectivity index (χ3v) is 6.03. The van der Waals surface area contributed by atoms with Gasteiger partial charge in [0.05, 0.1) is 15.9 Å². The number of hydrogen-bond acceptors (Lipinski definition) is 3. The highest BCUT2D eigenvalue weighted by atomic mass is 32.1. The summed E-state index contributed by atoms with van der Waals surface area (Å²) in [5, 5.41) is 0.783. The highest BCUT2D eigenvalue weighted by Gasteiger charge is 2.30. The Morgan fingerprint density at radius 2 is 1.76 bits per heavy atom. The molecule has 0 unspecified atom stereocenters. The summed E-state index contributed by atoms with van der Waals surface area (Å²) in [6.07, 6.45) is 5.53. The van der Waals surface area contributed by atoms with Gasteiger partial charge in [-0.15, -0.1) is 0 Å². The summed E-state index contributed by atoms with van der Waals surface area (Å²) in [6, 6.07) is 16.2. The molecule has 0 aliphatic heterocycles. The second-order valence-electron chi connectivity index (χ2n) is 6.76. The fourth-order valence-electron chi connectivity index (χ4n) is 3.62. The molecule has 25 heavy (non-hydrogen) atoms. The van der Waals surface area contributed by atoms with Gasteiger partial charge in [0.1, 0.15) is 0 Å². The molecule has 0 saturated heterocycles. The van der Waals surface area contributed by atoms with Crippen LogP contribution in [0.25, 0.3) is 10.2 Å². The van der Waals surface area contributed by atoms with Crippen LogP contribution in [-0.2, 0) is 4.79 Å². The molecule has 4 heteroatoms. The van der Waals surface area contributed by atoms with Crippen molar-refractivity contribution in [1.82, 2.24) is 4.98 Å². The first-order valence-electron chi connectivity index (χ1n) is 8.99. The van der Waals surface area contributed by atoms with Gasteiger partial charge in [-0.3, -0.25) is 9.69 Å². The number of amides is 1. The number of rotatable bonds is 3. The number of aromatic nitrogens is 1. The number of benzene rings is 2. The Hall–Kier alpha value is -2.20. The maximum absolute atomic E-state index is 13.4. The second kappa shape index (κ2) is 6.96. The van der Waals surface area contributed by atoms with Crippen molar-refractivity contribution in [3.8, 4) is 0 Å². The maximum Gasteiger partial charge on any atom is 0.236 e. The molecular formula is C21H22N2OS. The van der Waals surface area contributed by atoms with E-state index in [9.17, 15) is 4.79 Å². The van der Waals surface area contributed by atoms with Crippen molar-refractivity contribution in [2.75, 3.05) is 4.90 Å². The Morgan fingerprint density at radius 3 is 2.52 bits per heavy atom. The van der Waals surface area contributed by atoms with Crippen LogP contribution in [0.2, 0.25) is 0 Å². The Kier molecular flexibility index (Phi) is 4.53. The lowest BCUT2D eigenvalue weighted by molar-refractivity contribution is -0.122. The van der Waals surface area contributed by atoms with Crippen molar-refractivity contribution in [3.05, 3.63) is 54.1 Å². The SMILES string of the molecule is Cc1ccccc1N(C(=O)C1CCCCC1)c1nc2ccccc2s1. The molecule has 1 aromatic heterocycles. The van der Waals surface area contributed by atoms with Crippen molar-refractivity contribution in [2.24, 2.45) is 5.92 Å². The number of anilines is 2. The molecule has 1 fully saturated rings. The molecule has 0 bridgehead atoms. The summed E-state index contributed by atoms with van der Waals surface area (Å²) in [4.78, 5) is 20.1. The van der Waals surface area contributed by atoms with Gasteiger partial charge in [0.25, 0.3) is 0 Å². The predicted octanol–water partition coefficient (Wildman–Crippen LogP) is 5.85. The lowest BCUT2D eigenvalue weighted by Crippen LogP contribution is -2.34. The molecule has 1 aliphatic rings. The van der Waals surface area contributed by atoms with Gasteiger partial charge in [-0.2, -0.15) is 0 Å². The number of carbonyl (C=O) groups is 1. The monoisotopic (exact) mass is 350 g/mol. The lowest BCUT2D eigenvalue weighted by Gasteiger charge is -2.28. The van der Waals surface area contributed by atoms with Crippen LogP contribution in [0.5, 0.6) is 0 Å². The van der Waals surface area contributed by atoms with E-state index in [1.54, 1.807) is 11.3 Å². The van der Waals surface area contributed by atoms with E-state index in [1.165, 1.54) is 6.42 Å². The van der Waals surface area contributed by atoms with Crippen molar-refractivity contribution in [2.45, 2.75) is 39.0 Å². The zero-order valence-corrected chi connectivity index (χ0v) is 15.3. The number of carbonyl (C=O) groups excluding carboxylic acids is 1. The summed E-state index contributed by atoms with van der Waals surface area (Å²) in [6.45, 7) is 2.06. The van der Waals surface area contributed by atoms with Crippen LogP contribution in [-0.4, -0.2) is 10.9 Å². The third-order valence-electron chi connectivity index (χ3n) is 5.01. The number of hydrogen-bond donors (Lipinski definition) is 0. The van der Waals surface area contributed by atoms with E-state index in [2.05, 4.69) is 19.1 Å². The largest absolute Gasteiger partial charge is 0.274 e. The van der Waals surface area contributed by atoms with Crippen LogP contribution in [0.3, 0.4) is 0 Å². The van der Waals surface area contributed by atoms with Gasteiger partial charge >= 0.3 is 0 Å². The quantitative estimate of drug-likeness (QED) is 0.593. The van der Waals surface area contributed by atoms with Gasteiger partial charge in [0.2, 0.25) is 5.91 Å². The molecule has 0 atom stereocenters. The van der Waals surface area contributed by atoms with Crippen LogP contribution in [0, 0.1) is 12.8 Å². The van der Waals surface area contributed by atoms with E-state index < -0.39 is 0 Å². The predicted molar refractivity (Wildman–Crippen MR) is 105 cm³/mol. The second-order valence-corrected chi connectivity index (χ2v) is 7.77. The Bertz CT molecular complexity index is 863. The summed E-state index contributed by atoms with van der Waals surface area (Å²) in [5.41, 5.74) is 3.01. The van der Waals surface area contributed by atoms with E-state index in [4.69, 9.17) is 4.98 Å². The summed E-state index contributed by atoms with van der Waals surface area (Å²) >= 11 is 1.60. The van der Waals surface area contributed by atoms with Gasteiger partial charge in [-0.05, 0) is 43.5 Å². The molecule has 128 valence electrons. The minimum Gasteiger partial charge on any atom is -0.274 e. The van der Waals surface area contributed by atoms with E-state index in [1.807, 2.05) is 41.3 Å². The first-order valence-corrected chi connectivity index (χ1v) is 9.81. The van der Waals surface area contributed by atoms with Crippen molar-refractivity contribution in [3.63, 3.8) is 0 Å². The number of nitrogens with zero attached hydrogens (tertiary/aromatic N) is 2. The molecule has 0 radical (unpaired) electrons. The van der Waals surface area contributed by atoms with Crippen LogP contribution in [0.4, 0.5) is 10.8 Å². The van der Waals surface area contributed by atoms with Crippen LogP contribution >= 0.6 is 11.3 Å². The van der Waals surface area contributed by atoms with Crippen molar-refractivity contribution < 1.29 is 4.79 Å². The molecule has 1 saturated carbocycles. The molecule has 0 N–H and O–H groups in total. The molecule has 3 aromatic rings.